The Balaban J connectivity index is 1.56. The lowest BCUT2D eigenvalue weighted by atomic mass is 9.95. The molecule has 1 unspecified atom stereocenters. The SMILES string of the molecule is CN=C(NCc1nc(C)c(C)o1)NCC(C(C)C)N1CCc2ccccc2C1. The predicted octanol–water partition coefficient (Wildman–Crippen LogP) is 3.04. The van der Waals surface area contributed by atoms with Gasteiger partial charge in [-0.1, -0.05) is 38.1 Å². The van der Waals surface area contributed by atoms with Gasteiger partial charge in [-0.3, -0.25) is 9.89 Å². The Bertz CT molecular complexity index is 792. The molecule has 2 heterocycles. The summed E-state index contributed by atoms with van der Waals surface area (Å²) in [6.07, 6.45) is 1.12. The van der Waals surface area contributed by atoms with Crippen molar-refractivity contribution in [2.24, 2.45) is 10.9 Å². The zero-order valence-electron chi connectivity index (χ0n) is 17.7. The van der Waals surface area contributed by atoms with Gasteiger partial charge in [0.1, 0.15) is 5.76 Å². The molecule has 1 aliphatic rings. The first kappa shape index (κ1) is 20.4. The van der Waals surface area contributed by atoms with Gasteiger partial charge >= 0.3 is 0 Å². The summed E-state index contributed by atoms with van der Waals surface area (Å²) in [5.74, 6) is 2.88. The second-order valence-corrected chi connectivity index (χ2v) is 7.86. The molecule has 6 nitrogen and oxygen atoms in total. The summed E-state index contributed by atoms with van der Waals surface area (Å²) in [5, 5.41) is 6.79. The van der Waals surface area contributed by atoms with Crippen LogP contribution in [0.1, 0.15) is 42.3 Å². The summed E-state index contributed by atoms with van der Waals surface area (Å²) in [5.41, 5.74) is 3.88. The molecule has 2 aromatic rings. The van der Waals surface area contributed by atoms with Crippen molar-refractivity contribution in [3.05, 3.63) is 52.7 Å². The monoisotopic (exact) mass is 383 g/mol. The number of nitrogens with zero attached hydrogens (tertiary/aromatic N) is 3. The Morgan fingerprint density at radius 3 is 2.61 bits per heavy atom. The van der Waals surface area contributed by atoms with Gasteiger partial charge in [0.05, 0.1) is 12.2 Å². The van der Waals surface area contributed by atoms with Crippen molar-refractivity contribution in [2.75, 3.05) is 20.1 Å². The van der Waals surface area contributed by atoms with E-state index in [0.717, 1.165) is 43.5 Å². The number of aryl methyl sites for hydroxylation is 2. The number of rotatable bonds is 6. The van der Waals surface area contributed by atoms with Crippen LogP contribution in [-0.2, 0) is 19.5 Å². The first-order chi connectivity index (χ1) is 13.5. The highest BCUT2D eigenvalue weighted by atomic mass is 16.4. The van der Waals surface area contributed by atoms with E-state index in [1.54, 1.807) is 7.05 Å². The third-order valence-corrected chi connectivity index (χ3v) is 5.58. The van der Waals surface area contributed by atoms with Gasteiger partial charge in [-0.25, -0.2) is 4.98 Å². The van der Waals surface area contributed by atoms with Crippen LogP contribution in [-0.4, -0.2) is 42.0 Å². The molecule has 3 rings (SSSR count). The van der Waals surface area contributed by atoms with E-state index >= 15 is 0 Å². The summed E-state index contributed by atoms with van der Waals surface area (Å²) in [4.78, 5) is 11.4. The smallest absolute Gasteiger partial charge is 0.214 e. The van der Waals surface area contributed by atoms with Crippen LogP contribution in [0.5, 0.6) is 0 Å². The Hall–Kier alpha value is -2.34. The minimum atomic E-state index is 0.443. The third kappa shape index (κ3) is 4.93. The molecule has 1 aromatic carbocycles. The van der Waals surface area contributed by atoms with E-state index < -0.39 is 0 Å². The molecule has 2 N–H and O–H groups in total. The van der Waals surface area contributed by atoms with Crippen molar-refractivity contribution < 1.29 is 4.42 Å². The van der Waals surface area contributed by atoms with Crippen LogP contribution in [0.15, 0.2) is 33.7 Å². The van der Waals surface area contributed by atoms with E-state index in [9.17, 15) is 0 Å². The molecular weight excluding hydrogens is 350 g/mol. The van der Waals surface area contributed by atoms with Gasteiger partial charge in [0.15, 0.2) is 5.96 Å². The number of hydrogen-bond donors (Lipinski definition) is 2. The number of guanidine groups is 1. The molecule has 0 bridgehead atoms. The van der Waals surface area contributed by atoms with Crippen LogP contribution in [0.4, 0.5) is 0 Å². The van der Waals surface area contributed by atoms with E-state index in [-0.39, 0.29) is 0 Å². The van der Waals surface area contributed by atoms with Crippen LogP contribution in [0, 0.1) is 19.8 Å². The molecule has 0 amide bonds. The molecule has 1 aliphatic heterocycles. The van der Waals surface area contributed by atoms with Crippen LogP contribution < -0.4 is 10.6 Å². The molecule has 0 saturated heterocycles. The van der Waals surface area contributed by atoms with Crippen molar-refractivity contribution in [3.63, 3.8) is 0 Å². The Morgan fingerprint density at radius 1 is 1.21 bits per heavy atom. The predicted molar refractivity (Wildman–Crippen MR) is 113 cm³/mol. The first-order valence-corrected chi connectivity index (χ1v) is 10.2. The molecule has 28 heavy (non-hydrogen) atoms. The van der Waals surface area contributed by atoms with Crippen LogP contribution >= 0.6 is 0 Å². The van der Waals surface area contributed by atoms with Crippen molar-refractivity contribution in [2.45, 2.75) is 53.2 Å². The van der Waals surface area contributed by atoms with Gasteiger partial charge in [0.25, 0.3) is 0 Å². The number of fused-ring (bicyclic) bond motifs is 1. The normalized spacial score (nSPS) is 16.1. The van der Waals surface area contributed by atoms with Crippen LogP contribution in [0.25, 0.3) is 0 Å². The van der Waals surface area contributed by atoms with Gasteiger partial charge in [-0.15, -0.1) is 0 Å². The van der Waals surface area contributed by atoms with Crippen molar-refractivity contribution in [1.82, 2.24) is 20.5 Å². The second kappa shape index (κ2) is 9.24. The Morgan fingerprint density at radius 2 is 1.96 bits per heavy atom. The van der Waals surface area contributed by atoms with Gasteiger partial charge in [0, 0.05) is 32.7 Å². The van der Waals surface area contributed by atoms with Gasteiger partial charge in [-0.2, -0.15) is 0 Å². The van der Waals surface area contributed by atoms with Gasteiger partial charge in [-0.05, 0) is 37.3 Å². The summed E-state index contributed by atoms with van der Waals surface area (Å²) in [6.45, 7) is 12.0. The second-order valence-electron chi connectivity index (χ2n) is 7.86. The number of oxazole rings is 1. The maximum Gasteiger partial charge on any atom is 0.214 e. The minimum absolute atomic E-state index is 0.443. The molecule has 0 saturated carbocycles. The lowest BCUT2D eigenvalue weighted by molar-refractivity contribution is 0.140. The van der Waals surface area contributed by atoms with E-state index in [1.165, 1.54) is 11.1 Å². The van der Waals surface area contributed by atoms with Crippen LogP contribution in [0.3, 0.4) is 0 Å². The van der Waals surface area contributed by atoms with Gasteiger partial charge in [0.2, 0.25) is 5.89 Å². The molecule has 6 heteroatoms. The minimum Gasteiger partial charge on any atom is -0.444 e. The van der Waals surface area contributed by atoms with E-state index in [4.69, 9.17) is 4.42 Å². The Labute approximate surface area is 168 Å². The van der Waals surface area contributed by atoms with E-state index in [2.05, 4.69) is 63.6 Å². The molecule has 152 valence electrons. The average molecular weight is 384 g/mol. The average Bonchev–Trinajstić information content (AvgIpc) is 3.01. The molecule has 0 fully saturated rings. The topological polar surface area (TPSA) is 65.7 Å². The maximum atomic E-state index is 5.64. The third-order valence-electron chi connectivity index (χ3n) is 5.58. The van der Waals surface area contributed by atoms with Gasteiger partial charge < -0.3 is 15.1 Å². The number of aliphatic imine (C=N–C) groups is 1. The number of hydrogen-bond acceptors (Lipinski definition) is 4. The fourth-order valence-electron chi connectivity index (χ4n) is 3.78. The summed E-state index contributed by atoms with van der Waals surface area (Å²) >= 11 is 0. The lowest BCUT2D eigenvalue weighted by Crippen LogP contribution is -2.50. The van der Waals surface area contributed by atoms with Crippen molar-refractivity contribution in [3.8, 4) is 0 Å². The summed E-state index contributed by atoms with van der Waals surface area (Å²) < 4.78 is 5.64. The quantitative estimate of drug-likeness (QED) is 0.593. The fourth-order valence-corrected chi connectivity index (χ4v) is 3.78. The number of benzene rings is 1. The molecule has 0 aliphatic carbocycles. The highest BCUT2D eigenvalue weighted by Gasteiger charge is 2.25. The molecule has 0 radical (unpaired) electrons. The summed E-state index contributed by atoms with van der Waals surface area (Å²) in [6, 6.07) is 9.24. The largest absolute Gasteiger partial charge is 0.444 e. The molecule has 1 atom stereocenters. The lowest BCUT2D eigenvalue weighted by Gasteiger charge is -2.38. The van der Waals surface area contributed by atoms with E-state index in [1.807, 2.05) is 13.8 Å². The zero-order valence-corrected chi connectivity index (χ0v) is 17.7. The highest BCUT2D eigenvalue weighted by molar-refractivity contribution is 5.79. The van der Waals surface area contributed by atoms with E-state index in [0.29, 0.717) is 24.4 Å². The Kier molecular flexibility index (Phi) is 6.73. The highest BCUT2D eigenvalue weighted by Crippen LogP contribution is 2.22. The van der Waals surface area contributed by atoms with Crippen molar-refractivity contribution >= 4 is 5.96 Å². The molecular formula is C22H33N5O. The molecule has 1 aromatic heterocycles. The molecule has 0 spiro atoms. The standard InChI is InChI=1S/C22H33N5O/c1-15(2)20(27-11-10-18-8-6-7-9-19(18)14-27)12-24-22(23-5)25-13-21-26-16(3)17(4)28-21/h6-9,15,20H,10-14H2,1-5H3,(H2,23,24,25). The van der Waals surface area contributed by atoms with Crippen LogP contribution in [0.2, 0.25) is 0 Å². The summed E-state index contributed by atoms with van der Waals surface area (Å²) in [7, 11) is 1.79. The number of nitrogens with one attached hydrogen (secondary N) is 2. The number of aromatic nitrogens is 1. The maximum absolute atomic E-state index is 5.64. The first-order valence-electron chi connectivity index (χ1n) is 10.2. The zero-order chi connectivity index (χ0) is 20.1. The van der Waals surface area contributed by atoms with Crippen molar-refractivity contribution in [1.29, 1.82) is 0 Å². The fraction of sp³-hybridized carbons (Fsp3) is 0.545.